The van der Waals surface area contributed by atoms with E-state index in [9.17, 15) is 4.39 Å². The van der Waals surface area contributed by atoms with Crippen molar-refractivity contribution in [3.8, 4) is 17.6 Å². The van der Waals surface area contributed by atoms with Crippen LogP contribution in [-0.4, -0.2) is 16.7 Å². The molecule has 0 saturated carbocycles. The summed E-state index contributed by atoms with van der Waals surface area (Å²) in [6.45, 7) is -0.222. The molecule has 3 nitrogen and oxygen atoms in total. The SMILES string of the molecule is OCC#Cc1cncc(OCc2c(F)cccc2Cl)c1. The average molecular weight is 292 g/mol. The van der Waals surface area contributed by atoms with Crippen LogP contribution < -0.4 is 4.74 Å². The summed E-state index contributed by atoms with van der Waals surface area (Å²) in [5, 5.41) is 8.94. The zero-order chi connectivity index (χ0) is 14.4. The Morgan fingerprint density at radius 2 is 2.20 bits per heavy atom. The maximum atomic E-state index is 13.6. The zero-order valence-electron chi connectivity index (χ0n) is 10.4. The lowest BCUT2D eigenvalue weighted by molar-refractivity contribution is 0.298. The smallest absolute Gasteiger partial charge is 0.139 e. The van der Waals surface area contributed by atoms with E-state index in [-0.39, 0.29) is 13.2 Å². The van der Waals surface area contributed by atoms with E-state index in [4.69, 9.17) is 21.4 Å². The van der Waals surface area contributed by atoms with Crippen molar-refractivity contribution in [2.24, 2.45) is 0 Å². The maximum Gasteiger partial charge on any atom is 0.139 e. The largest absolute Gasteiger partial charge is 0.487 e. The highest BCUT2D eigenvalue weighted by Gasteiger charge is 2.07. The number of halogens is 2. The molecule has 0 aliphatic carbocycles. The highest BCUT2D eigenvalue weighted by Crippen LogP contribution is 2.21. The number of aromatic nitrogens is 1. The molecule has 2 aromatic rings. The predicted molar refractivity (Wildman–Crippen MR) is 73.9 cm³/mol. The van der Waals surface area contributed by atoms with Crippen LogP contribution in [0, 0.1) is 17.7 Å². The van der Waals surface area contributed by atoms with Gasteiger partial charge in [-0.3, -0.25) is 4.98 Å². The second kappa shape index (κ2) is 6.90. The third-order valence-corrected chi connectivity index (χ3v) is 2.82. The second-order valence-corrected chi connectivity index (χ2v) is 4.27. The normalized spacial score (nSPS) is 9.75. The summed E-state index contributed by atoms with van der Waals surface area (Å²) in [5.74, 6) is 5.26. The number of ether oxygens (including phenoxy) is 1. The summed E-state index contributed by atoms with van der Waals surface area (Å²) < 4.78 is 19.0. The Balaban J connectivity index is 2.11. The topological polar surface area (TPSA) is 42.4 Å². The van der Waals surface area contributed by atoms with Gasteiger partial charge in [0.15, 0.2) is 0 Å². The number of benzene rings is 1. The van der Waals surface area contributed by atoms with Gasteiger partial charge in [0.05, 0.1) is 11.2 Å². The first-order valence-corrected chi connectivity index (χ1v) is 6.19. The van der Waals surface area contributed by atoms with E-state index in [0.29, 0.717) is 21.9 Å². The number of aliphatic hydroxyl groups is 1. The van der Waals surface area contributed by atoms with Gasteiger partial charge in [-0.1, -0.05) is 29.5 Å². The van der Waals surface area contributed by atoms with E-state index < -0.39 is 5.82 Å². The van der Waals surface area contributed by atoms with Crippen molar-refractivity contribution in [2.75, 3.05) is 6.61 Å². The highest BCUT2D eigenvalue weighted by atomic mass is 35.5. The minimum atomic E-state index is -0.415. The lowest BCUT2D eigenvalue weighted by Gasteiger charge is -2.08. The minimum absolute atomic E-state index is 0.00404. The number of pyridine rings is 1. The van der Waals surface area contributed by atoms with Crippen LogP contribution in [0.15, 0.2) is 36.7 Å². The molecule has 20 heavy (non-hydrogen) atoms. The van der Waals surface area contributed by atoms with E-state index >= 15 is 0 Å². The summed E-state index contributed by atoms with van der Waals surface area (Å²) in [4.78, 5) is 3.96. The zero-order valence-corrected chi connectivity index (χ0v) is 11.2. The van der Waals surface area contributed by atoms with Crippen LogP contribution in [-0.2, 0) is 6.61 Å². The van der Waals surface area contributed by atoms with Crippen LogP contribution in [0.4, 0.5) is 4.39 Å². The van der Waals surface area contributed by atoms with Crippen molar-refractivity contribution in [2.45, 2.75) is 6.61 Å². The molecule has 0 radical (unpaired) electrons. The number of nitrogens with zero attached hydrogens (tertiary/aromatic N) is 1. The lowest BCUT2D eigenvalue weighted by atomic mass is 10.2. The van der Waals surface area contributed by atoms with E-state index in [1.807, 2.05) is 0 Å². The van der Waals surface area contributed by atoms with Gasteiger partial charge in [0.25, 0.3) is 0 Å². The fourth-order valence-electron chi connectivity index (χ4n) is 1.53. The van der Waals surface area contributed by atoms with Gasteiger partial charge in [-0.15, -0.1) is 0 Å². The Morgan fingerprint density at radius 1 is 1.35 bits per heavy atom. The first-order chi connectivity index (χ1) is 9.70. The molecule has 1 N–H and O–H groups in total. The third-order valence-electron chi connectivity index (χ3n) is 2.47. The predicted octanol–water partition coefficient (Wildman–Crippen LogP) is 2.80. The van der Waals surface area contributed by atoms with E-state index in [0.717, 1.165) is 0 Å². The Bertz CT molecular complexity index is 644. The molecular weight excluding hydrogens is 281 g/mol. The molecular formula is C15H11ClFNO2. The van der Waals surface area contributed by atoms with Crippen molar-refractivity contribution < 1.29 is 14.2 Å². The molecule has 0 aliphatic rings. The average Bonchev–Trinajstić information content (AvgIpc) is 2.45. The molecule has 102 valence electrons. The molecule has 0 bridgehead atoms. The lowest BCUT2D eigenvalue weighted by Crippen LogP contribution is -2.00. The molecule has 1 aromatic heterocycles. The van der Waals surface area contributed by atoms with E-state index in [1.165, 1.54) is 18.3 Å². The highest BCUT2D eigenvalue weighted by molar-refractivity contribution is 6.31. The Hall–Kier alpha value is -2.09. The van der Waals surface area contributed by atoms with Gasteiger partial charge in [0.1, 0.15) is 24.8 Å². The van der Waals surface area contributed by atoms with E-state index in [2.05, 4.69) is 16.8 Å². The summed E-state index contributed by atoms with van der Waals surface area (Å²) in [5.41, 5.74) is 0.900. The third kappa shape index (κ3) is 3.70. The minimum Gasteiger partial charge on any atom is -0.487 e. The van der Waals surface area contributed by atoms with Gasteiger partial charge in [-0.2, -0.15) is 0 Å². The molecule has 0 amide bonds. The van der Waals surface area contributed by atoms with Crippen LogP contribution >= 0.6 is 11.6 Å². The van der Waals surface area contributed by atoms with Crippen molar-refractivity contribution in [1.82, 2.24) is 4.98 Å². The van der Waals surface area contributed by atoms with Gasteiger partial charge in [0, 0.05) is 17.3 Å². The quantitative estimate of drug-likeness (QED) is 0.884. The molecule has 1 aromatic carbocycles. The fraction of sp³-hybridized carbons (Fsp3) is 0.133. The van der Waals surface area contributed by atoms with Crippen molar-refractivity contribution in [1.29, 1.82) is 0 Å². The molecule has 0 aliphatic heterocycles. The van der Waals surface area contributed by atoms with Crippen molar-refractivity contribution in [3.05, 3.63) is 58.6 Å². The van der Waals surface area contributed by atoms with E-state index in [1.54, 1.807) is 18.3 Å². The number of aliphatic hydroxyl groups excluding tert-OH is 1. The fourth-order valence-corrected chi connectivity index (χ4v) is 1.75. The molecule has 0 spiro atoms. The van der Waals surface area contributed by atoms with Gasteiger partial charge < -0.3 is 9.84 Å². The summed E-state index contributed by atoms with van der Waals surface area (Å²) >= 11 is 5.91. The number of hydrogen-bond donors (Lipinski definition) is 1. The van der Waals surface area contributed by atoms with Gasteiger partial charge in [-0.05, 0) is 18.2 Å². The van der Waals surface area contributed by atoms with Crippen LogP contribution in [0.5, 0.6) is 5.75 Å². The first-order valence-electron chi connectivity index (χ1n) is 5.81. The molecule has 2 rings (SSSR count). The Labute approximate surface area is 121 Å². The maximum absolute atomic E-state index is 13.6. The van der Waals surface area contributed by atoms with Gasteiger partial charge in [0.2, 0.25) is 0 Å². The molecule has 0 saturated heterocycles. The Kier molecular flexibility index (Phi) is 4.94. The molecule has 0 unspecified atom stereocenters. The summed E-state index contributed by atoms with van der Waals surface area (Å²) in [7, 11) is 0. The molecule has 0 atom stereocenters. The molecule has 5 heteroatoms. The number of hydrogen-bond acceptors (Lipinski definition) is 3. The summed E-state index contributed by atoms with van der Waals surface area (Å²) in [6.07, 6.45) is 3.05. The van der Waals surface area contributed by atoms with Crippen LogP contribution in [0.1, 0.15) is 11.1 Å². The van der Waals surface area contributed by atoms with Crippen molar-refractivity contribution >= 4 is 11.6 Å². The van der Waals surface area contributed by atoms with Crippen LogP contribution in [0.2, 0.25) is 5.02 Å². The first kappa shape index (κ1) is 14.3. The van der Waals surface area contributed by atoms with Crippen LogP contribution in [0.25, 0.3) is 0 Å². The second-order valence-electron chi connectivity index (χ2n) is 3.86. The number of rotatable bonds is 3. The summed E-state index contributed by atoms with van der Waals surface area (Å²) in [6, 6.07) is 6.12. The standard InChI is InChI=1S/C15H11ClFNO2/c16-14-4-1-5-15(17)13(14)10-20-12-7-11(3-2-6-19)8-18-9-12/h1,4-5,7-9,19H,6,10H2. The monoisotopic (exact) mass is 291 g/mol. The van der Waals surface area contributed by atoms with Gasteiger partial charge in [-0.25, -0.2) is 4.39 Å². The van der Waals surface area contributed by atoms with Crippen LogP contribution in [0.3, 0.4) is 0 Å². The Morgan fingerprint density at radius 3 is 2.95 bits per heavy atom. The van der Waals surface area contributed by atoms with Gasteiger partial charge >= 0.3 is 0 Å². The molecule has 0 fully saturated rings. The molecule has 1 heterocycles. The van der Waals surface area contributed by atoms with Crippen molar-refractivity contribution in [3.63, 3.8) is 0 Å².